The summed E-state index contributed by atoms with van der Waals surface area (Å²) in [6.07, 6.45) is 0. The van der Waals surface area contributed by atoms with Crippen LogP contribution in [0.1, 0.15) is 35.1 Å². The van der Waals surface area contributed by atoms with Crippen LogP contribution >= 0.6 is 0 Å². The van der Waals surface area contributed by atoms with Crippen LogP contribution in [0.4, 0.5) is 0 Å². The van der Waals surface area contributed by atoms with E-state index < -0.39 is 0 Å². The summed E-state index contributed by atoms with van der Waals surface area (Å²) in [5, 5.41) is 17.1. The van der Waals surface area contributed by atoms with Gasteiger partial charge in [-0.2, -0.15) is 0 Å². The van der Waals surface area contributed by atoms with Gasteiger partial charge in [0.05, 0.1) is 7.11 Å². The van der Waals surface area contributed by atoms with Gasteiger partial charge >= 0.3 is 0 Å². The molecule has 0 heterocycles. The lowest BCUT2D eigenvalue weighted by atomic mass is 9.74. The molecular weight excluding hydrogens is 412 g/mol. The van der Waals surface area contributed by atoms with Crippen LogP contribution in [0.15, 0.2) is 54.6 Å². The third kappa shape index (κ3) is 1.84. The summed E-state index contributed by atoms with van der Waals surface area (Å²) in [4.78, 5) is 0. The Morgan fingerprint density at radius 1 is 0.647 bits per heavy atom. The van der Waals surface area contributed by atoms with Crippen molar-refractivity contribution in [3.63, 3.8) is 0 Å². The fraction of sp³-hybridized carbons (Fsp3) is 0.152. The Kier molecular flexibility index (Phi) is 3.17. The summed E-state index contributed by atoms with van der Waals surface area (Å²) in [5.74, 6) is 1.31. The average Bonchev–Trinajstić information content (AvgIpc) is 2.84. The molecule has 34 heavy (non-hydrogen) atoms. The largest absolute Gasteiger partial charge is 0.496 e. The predicted molar refractivity (Wildman–Crippen MR) is 147 cm³/mol. The molecule has 162 valence electrons. The minimum absolute atomic E-state index is 0.358. The number of aryl methyl sites for hydroxylation is 2. The van der Waals surface area contributed by atoms with E-state index in [-0.39, 0.29) is 0 Å². The van der Waals surface area contributed by atoms with E-state index in [0.717, 1.165) is 21.9 Å². The fourth-order valence-electron chi connectivity index (χ4n) is 7.25. The zero-order chi connectivity index (χ0) is 23.0. The van der Waals surface area contributed by atoms with Crippen LogP contribution in [-0.4, -0.2) is 7.11 Å². The van der Waals surface area contributed by atoms with E-state index in [2.05, 4.69) is 81.9 Å². The van der Waals surface area contributed by atoms with Crippen LogP contribution < -0.4 is 9.96 Å². The summed E-state index contributed by atoms with van der Waals surface area (Å²) >= 11 is 0. The van der Waals surface area contributed by atoms with E-state index >= 15 is 0 Å². The number of methoxy groups -OCH3 is 1. The smallest absolute Gasteiger partial charge is 0.130 e. The Morgan fingerprint density at radius 2 is 1.29 bits per heavy atom. The van der Waals surface area contributed by atoms with Gasteiger partial charge in [-0.15, -0.1) is 0 Å². The summed E-state index contributed by atoms with van der Waals surface area (Å²) in [6, 6.07) is 20.8. The van der Waals surface area contributed by atoms with E-state index in [9.17, 15) is 0 Å². The van der Waals surface area contributed by atoms with E-state index in [4.69, 9.17) is 4.74 Å². The molecule has 0 fully saturated rings. The number of fused-ring (bicyclic) bond motifs is 2. The summed E-state index contributed by atoms with van der Waals surface area (Å²) in [5.41, 5.74) is 5.37. The quantitative estimate of drug-likeness (QED) is 0.186. The molecule has 1 nitrogen and oxygen atoms in total. The van der Waals surface area contributed by atoms with Crippen molar-refractivity contribution >= 4 is 71.2 Å². The first kappa shape index (κ1) is 18.6. The topological polar surface area (TPSA) is 9.23 Å². The Hall–Kier alpha value is -3.84. The first-order chi connectivity index (χ1) is 16.5. The monoisotopic (exact) mass is 436 g/mol. The van der Waals surface area contributed by atoms with Gasteiger partial charge in [0.15, 0.2) is 0 Å². The Balaban J connectivity index is 1.93. The molecule has 0 radical (unpaired) electrons. The van der Waals surface area contributed by atoms with Crippen molar-refractivity contribution in [3.05, 3.63) is 82.1 Å². The highest BCUT2D eigenvalue weighted by molar-refractivity contribution is 6.46. The van der Waals surface area contributed by atoms with Crippen molar-refractivity contribution in [2.75, 3.05) is 7.11 Å². The van der Waals surface area contributed by atoms with E-state index in [1.165, 1.54) is 75.9 Å². The molecule has 1 aliphatic rings. The molecule has 1 aliphatic carbocycles. The van der Waals surface area contributed by atoms with Gasteiger partial charge in [0.25, 0.3) is 0 Å². The molecule has 0 N–H and O–H groups in total. The van der Waals surface area contributed by atoms with Crippen molar-refractivity contribution < 1.29 is 4.74 Å². The van der Waals surface area contributed by atoms with Gasteiger partial charge in [-0.05, 0) is 90.3 Å². The molecule has 0 aliphatic heterocycles. The van der Waals surface area contributed by atoms with E-state index in [1.807, 2.05) is 0 Å². The normalized spacial score (nSPS) is 15.5. The zero-order valence-corrected chi connectivity index (χ0v) is 19.9. The second-order valence-corrected chi connectivity index (χ2v) is 10.2. The Bertz CT molecular complexity index is 2090. The van der Waals surface area contributed by atoms with E-state index in [1.54, 1.807) is 7.11 Å². The predicted octanol–water partition coefficient (Wildman–Crippen LogP) is 8.26. The van der Waals surface area contributed by atoms with Gasteiger partial charge < -0.3 is 4.74 Å². The first-order valence-electron chi connectivity index (χ1n) is 12.1. The van der Waals surface area contributed by atoms with Crippen LogP contribution in [-0.2, 0) is 0 Å². The number of hydrogen-bond acceptors (Lipinski definition) is 1. The van der Waals surface area contributed by atoms with Gasteiger partial charge in [-0.25, -0.2) is 0 Å². The maximum Gasteiger partial charge on any atom is 0.130 e. The summed E-state index contributed by atoms with van der Waals surface area (Å²) in [6.45, 7) is 11.4. The Morgan fingerprint density at radius 3 is 2.09 bits per heavy atom. The van der Waals surface area contributed by atoms with Crippen molar-refractivity contribution in [2.45, 2.75) is 26.7 Å². The zero-order valence-electron chi connectivity index (χ0n) is 19.9. The number of benzene rings is 7. The van der Waals surface area contributed by atoms with Crippen molar-refractivity contribution in [1.29, 1.82) is 0 Å². The average molecular weight is 437 g/mol. The van der Waals surface area contributed by atoms with Gasteiger partial charge in [0, 0.05) is 22.1 Å². The molecule has 1 unspecified atom stereocenters. The maximum absolute atomic E-state index is 6.03. The number of ether oxygens (including phenoxy) is 1. The molecule has 1 heteroatoms. The van der Waals surface area contributed by atoms with Crippen LogP contribution in [0, 0.1) is 13.8 Å². The standard InChI is InChI=1S/C33H24O/c1-15-12-23-17(3)19-8-6-10-21-22-11-7-9-20-18(4)26-30-25(14-16(2)33(26)34-5)24(13-15)29(23)31(27(19)21)32(30)28(20)22/h6-14,17H,4H2,1-3,5H3. The number of hydrogen-bond donors (Lipinski definition) is 0. The lowest BCUT2D eigenvalue weighted by Gasteiger charge is -2.29. The highest BCUT2D eigenvalue weighted by Gasteiger charge is 2.29. The minimum Gasteiger partial charge on any atom is -0.496 e. The molecule has 0 amide bonds. The first-order valence-corrected chi connectivity index (χ1v) is 12.1. The maximum atomic E-state index is 6.03. The fourth-order valence-corrected chi connectivity index (χ4v) is 7.25. The van der Waals surface area contributed by atoms with Crippen molar-refractivity contribution in [2.24, 2.45) is 0 Å². The lowest BCUT2D eigenvalue weighted by molar-refractivity contribution is 0.417. The second kappa shape index (κ2) is 5.80. The van der Waals surface area contributed by atoms with Crippen LogP contribution in [0.3, 0.4) is 0 Å². The van der Waals surface area contributed by atoms with Crippen LogP contribution in [0.5, 0.6) is 5.75 Å². The molecule has 1 atom stereocenters. The van der Waals surface area contributed by atoms with Crippen molar-refractivity contribution in [3.8, 4) is 5.75 Å². The molecule has 0 saturated carbocycles. The molecule has 0 aromatic heterocycles. The van der Waals surface area contributed by atoms with Gasteiger partial charge in [0.2, 0.25) is 0 Å². The molecule has 7 aromatic carbocycles. The second-order valence-electron chi connectivity index (χ2n) is 10.2. The highest BCUT2D eigenvalue weighted by atomic mass is 16.5. The summed E-state index contributed by atoms with van der Waals surface area (Å²) < 4.78 is 6.03. The van der Waals surface area contributed by atoms with Crippen LogP contribution in [0.2, 0.25) is 0 Å². The van der Waals surface area contributed by atoms with Gasteiger partial charge in [0.1, 0.15) is 5.75 Å². The third-order valence-corrected chi connectivity index (χ3v) is 8.53. The molecular formula is C33H24O. The molecule has 0 bridgehead atoms. The lowest BCUT2D eigenvalue weighted by Crippen LogP contribution is -2.10. The van der Waals surface area contributed by atoms with Crippen LogP contribution in [0.25, 0.3) is 71.2 Å². The van der Waals surface area contributed by atoms with Crippen molar-refractivity contribution in [1.82, 2.24) is 0 Å². The van der Waals surface area contributed by atoms with Gasteiger partial charge in [-0.1, -0.05) is 67.6 Å². The molecule has 0 saturated heterocycles. The highest BCUT2D eigenvalue weighted by Crippen LogP contribution is 2.54. The SMILES string of the molecule is C=c1c2cccc3c4cccc5c4c4c6c(cc(C)cc6c6cc(C)c(OC)c1c6c4c23)C5C. The van der Waals surface area contributed by atoms with E-state index in [0.29, 0.717) is 5.92 Å². The molecule has 7 aromatic rings. The molecule has 0 spiro atoms. The third-order valence-electron chi connectivity index (χ3n) is 8.53. The summed E-state index contributed by atoms with van der Waals surface area (Å²) in [7, 11) is 1.79. The number of rotatable bonds is 1. The molecule has 8 rings (SSSR count). The minimum atomic E-state index is 0.358. The van der Waals surface area contributed by atoms with Gasteiger partial charge in [-0.3, -0.25) is 0 Å². The Labute approximate surface area is 197 Å².